The van der Waals surface area contributed by atoms with E-state index in [0.29, 0.717) is 24.2 Å². The van der Waals surface area contributed by atoms with E-state index in [2.05, 4.69) is 10.3 Å². The number of aromatic nitrogens is 2. The molecule has 7 nitrogen and oxygen atoms in total. The SMILES string of the molecule is Cc1ccc(-n2ccnc(NCCc3ccc(S(N)(=O)=O)cc3)c2=O)cc1F. The Morgan fingerprint density at radius 3 is 2.54 bits per heavy atom. The van der Waals surface area contributed by atoms with Gasteiger partial charge in [0, 0.05) is 18.9 Å². The number of hydrogen-bond donors (Lipinski definition) is 2. The molecule has 2 aromatic carbocycles. The van der Waals surface area contributed by atoms with Crippen molar-refractivity contribution in [1.29, 1.82) is 0 Å². The van der Waals surface area contributed by atoms with Crippen LogP contribution in [0.2, 0.25) is 0 Å². The summed E-state index contributed by atoms with van der Waals surface area (Å²) in [5.41, 5.74) is 1.39. The summed E-state index contributed by atoms with van der Waals surface area (Å²) in [6, 6.07) is 10.8. The molecule has 9 heteroatoms. The Morgan fingerprint density at radius 2 is 1.89 bits per heavy atom. The molecule has 0 unspecified atom stereocenters. The molecular formula is C19H19FN4O3S. The molecule has 0 aliphatic rings. The lowest BCUT2D eigenvalue weighted by Crippen LogP contribution is -2.24. The maximum Gasteiger partial charge on any atom is 0.297 e. The van der Waals surface area contributed by atoms with Crippen LogP contribution in [0.3, 0.4) is 0 Å². The van der Waals surface area contributed by atoms with Crippen molar-refractivity contribution in [2.75, 3.05) is 11.9 Å². The van der Waals surface area contributed by atoms with E-state index >= 15 is 0 Å². The van der Waals surface area contributed by atoms with Crippen molar-refractivity contribution in [2.24, 2.45) is 5.14 Å². The van der Waals surface area contributed by atoms with Crippen LogP contribution < -0.4 is 16.0 Å². The van der Waals surface area contributed by atoms with E-state index in [0.717, 1.165) is 5.56 Å². The van der Waals surface area contributed by atoms with Crippen LogP contribution in [-0.2, 0) is 16.4 Å². The molecule has 0 aliphatic heterocycles. The number of aryl methyl sites for hydroxylation is 1. The van der Waals surface area contributed by atoms with Crippen LogP contribution in [0.15, 0.2) is 64.5 Å². The third kappa shape index (κ3) is 4.44. The van der Waals surface area contributed by atoms with Gasteiger partial charge < -0.3 is 5.32 Å². The molecule has 0 saturated carbocycles. The number of nitrogens with zero attached hydrogens (tertiary/aromatic N) is 2. The first-order valence-electron chi connectivity index (χ1n) is 8.45. The van der Waals surface area contributed by atoms with Gasteiger partial charge >= 0.3 is 0 Å². The zero-order chi connectivity index (χ0) is 20.3. The highest BCUT2D eigenvalue weighted by atomic mass is 32.2. The minimum absolute atomic E-state index is 0.0437. The average Bonchev–Trinajstić information content (AvgIpc) is 2.65. The molecule has 28 heavy (non-hydrogen) atoms. The minimum atomic E-state index is -3.72. The molecule has 1 heterocycles. The maximum atomic E-state index is 13.8. The summed E-state index contributed by atoms with van der Waals surface area (Å²) in [5, 5.41) is 8.03. The van der Waals surface area contributed by atoms with Crippen LogP contribution in [0.5, 0.6) is 0 Å². The third-order valence-electron chi connectivity index (χ3n) is 4.23. The van der Waals surface area contributed by atoms with E-state index in [9.17, 15) is 17.6 Å². The molecule has 3 aromatic rings. The van der Waals surface area contributed by atoms with Crippen LogP contribution in [0, 0.1) is 12.7 Å². The van der Waals surface area contributed by atoms with E-state index in [1.54, 1.807) is 31.2 Å². The number of nitrogens with one attached hydrogen (secondary N) is 1. The van der Waals surface area contributed by atoms with Crippen molar-refractivity contribution in [3.63, 3.8) is 0 Å². The standard InChI is InChI=1S/C19H19FN4O3S/c1-13-2-5-15(12-17(13)20)24-11-10-23-18(19(24)25)22-9-8-14-3-6-16(7-4-14)28(21,26)27/h2-7,10-12H,8-9H2,1H3,(H,22,23)(H2,21,26,27). The summed E-state index contributed by atoms with van der Waals surface area (Å²) < 4.78 is 37.6. The van der Waals surface area contributed by atoms with Crippen molar-refractivity contribution in [2.45, 2.75) is 18.2 Å². The lowest BCUT2D eigenvalue weighted by molar-refractivity contribution is 0.597. The largest absolute Gasteiger partial charge is 0.365 e. The summed E-state index contributed by atoms with van der Waals surface area (Å²) in [6.45, 7) is 2.06. The third-order valence-corrected chi connectivity index (χ3v) is 5.16. The predicted octanol–water partition coefficient (Wildman–Crippen LogP) is 1.98. The van der Waals surface area contributed by atoms with Gasteiger partial charge in [-0.1, -0.05) is 18.2 Å². The number of rotatable bonds is 6. The molecule has 0 radical (unpaired) electrons. The summed E-state index contributed by atoms with van der Waals surface area (Å²) >= 11 is 0. The van der Waals surface area contributed by atoms with Crippen LogP contribution >= 0.6 is 0 Å². The number of hydrogen-bond acceptors (Lipinski definition) is 5. The Hall–Kier alpha value is -3.04. The first kappa shape index (κ1) is 19.7. The molecule has 0 bridgehead atoms. The molecule has 0 spiro atoms. The van der Waals surface area contributed by atoms with Crippen molar-refractivity contribution in [3.8, 4) is 5.69 Å². The van der Waals surface area contributed by atoms with Crippen LogP contribution in [0.4, 0.5) is 10.2 Å². The van der Waals surface area contributed by atoms with Crippen LogP contribution in [0.25, 0.3) is 5.69 Å². The number of nitrogens with two attached hydrogens (primary N) is 1. The smallest absolute Gasteiger partial charge is 0.297 e. The quantitative estimate of drug-likeness (QED) is 0.656. The highest BCUT2D eigenvalue weighted by molar-refractivity contribution is 7.89. The predicted molar refractivity (Wildman–Crippen MR) is 105 cm³/mol. The van der Waals surface area contributed by atoms with Gasteiger partial charge in [0.15, 0.2) is 5.82 Å². The van der Waals surface area contributed by atoms with Gasteiger partial charge in [0.05, 0.1) is 10.6 Å². The van der Waals surface area contributed by atoms with Gasteiger partial charge in [0.2, 0.25) is 10.0 Å². The molecule has 3 N–H and O–H groups in total. The van der Waals surface area contributed by atoms with E-state index in [4.69, 9.17) is 5.14 Å². The van der Waals surface area contributed by atoms with Gasteiger partial charge in [0.25, 0.3) is 5.56 Å². The Bertz CT molecular complexity index is 1160. The Balaban J connectivity index is 1.72. The normalized spacial score (nSPS) is 11.4. The Kier molecular flexibility index (Phi) is 5.57. The zero-order valence-corrected chi connectivity index (χ0v) is 15.9. The van der Waals surface area contributed by atoms with E-state index in [1.165, 1.54) is 35.2 Å². The average molecular weight is 402 g/mol. The summed E-state index contributed by atoms with van der Waals surface area (Å²) in [7, 11) is -3.72. The van der Waals surface area contributed by atoms with Gasteiger partial charge in [-0.05, 0) is 48.7 Å². The van der Waals surface area contributed by atoms with Crippen molar-refractivity contribution in [1.82, 2.24) is 9.55 Å². The number of halogens is 1. The fourth-order valence-corrected chi connectivity index (χ4v) is 3.15. The van der Waals surface area contributed by atoms with Crippen LogP contribution in [0.1, 0.15) is 11.1 Å². The van der Waals surface area contributed by atoms with Crippen molar-refractivity contribution in [3.05, 3.63) is 82.2 Å². The van der Waals surface area contributed by atoms with E-state index in [1.807, 2.05) is 0 Å². The van der Waals surface area contributed by atoms with Gasteiger partial charge in [-0.2, -0.15) is 0 Å². The highest BCUT2D eigenvalue weighted by Gasteiger charge is 2.09. The molecule has 0 fully saturated rings. The van der Waals surface area contributed by atoms with Crippen molar-refractivity contribution >= 4 is 15.8 Å². The minimum Gasteiger partial charge on any atom is -0.365 e. The second-order valence-electron chi connectivity index (χ2n) is 6.25. The summed E-state index contributed by atoms with van der Waals surface area (Å²) in [4.78, 5) is 16.7. The number of benzene rings is 2. The highest BCUT2D eigenvalue weighted by Crippen LogP contribution is 2.13. The van der Waals surface area contributed by atoms with Gasteiger partial charge in [-0.15, -0.1) is 0 Å². The van der Waals surface area contributed by atoms with Gasteiger partial charge in [0.1, 0.15) is 5.82 Å². The van der Waals surface area contributed by atoms with E-state index < -0.39 is 21.4 Å². The lowest BCUT2D eigenvalue weighted by atomic mass is 10.1. The van der Waals surface area contributed by atoms with Crippen molar-refractivity contribution < 1.29 is 12.8 Å². The summed E-state index contributed by atoms with van der Waals surface area (Å²) in [5.74, 6) is -0.247. The second-order valence-corrected chi connectivity index (χ2v) is 7.81. The topological polar surface area (TPSA) is 107 Å². The molecular weight excluding hydrogens is 383 g/mol. The molecule has 3 rings (SSSR count). The first-order valence-corrected chi connectivity index (χ1v) is 10.00. The number of sulfonamides is 1. The molecule has 0 amide bonds. The zero-order valence-electron chi connectivity index (χ0n) is 15.1. The number of primary sulfonamides is 1. The van der Waals surface area contributed by atoms with Crippen LogP contribution in [-0.4, -0.2) is 24.5 Å². The Morgan fingerprint density at radius 1 is 1.18 bits per heavy atom. The first-order chi connectivity index (χ1) is 13.3. The molecule has 146 valence electrons. The monoisotopic (exact) mass is 402 g/mol. The van der Waals surface area contributed by atoms with Gasteiger partial charge in [-0.3, -0.25) is 9.36 Å². The summed E-state index contributed by atoms with van der Waals surface area (Å²) in [6.07, 6.45) is 3.48. The second kappa shape index (κ2) is 7.91. The fourth-order valence-electron chi connectivity index (χ4n) is 2.64. The molecule has 0 atom stereocenters. The Labute approximate surface area is 161 Å². The molecule has 0 saturated heterocycles. The van der Waals surface area contributed by atoms with Gasteiger partial charge in [-0.25, -0.2) is 22.9 Å². The number of anilines is 1. The van der Waals surface area contributed by atoms with E-state index in [-0.39, 0.29) is 10.7 Å². The fraction of sp³-hybridized carbons (Fsp3) is 0.158. The maximum absolute atomic E-state index is 13.8. The lowest BCUT2D eigenvalue weighted by Gasteiger charge is -2.10. The molecule has 1 aromatic heterocycles. The molecule has 0 aliphatic carbocycles.